The van der Waals surface area contributed by atoms with Crippen molar-refractivity contribution >= 4 is 17.5 Å². The summed E-state index contributed by atoms with van der Waals surface area (Å²) in [7, 11) is 0. The quantitative estimate of drug-likeness (QED) is 0.564. The second kappa shape index (κ2) is 7.00. The number of hydrogen-bond donors (Lipinski definition) is 1. The number of hydrogen-bond acceptors (Lipinski definition) is 4. The number of carboxylic acid groups (broad SMARTS) is 1. The third-order valence-corrected chi connectivity index (χ3v) is 8.86. The van der Waals surface area contributed by atoms with Gasteiger partial charge >= 0.3 is 5.97 Å². The van der Waals surface area contributed by atoms with Gasteiger partial charge in [-0.05, 0) is 86.5 Å². The van der Waals surface area contributed by atoms with Gasteiger partial charge in [0.1, 0.15) is 0 Å². The van der Waals surface area contributed by atoms with Crippen molar-refractivity contribution in [3.05, 3.63) is 11.6 Å². The molecule has 4 aliphatic carbocycles. The summed E-state index contributed by atoms with van der Waals surface area (Å²) in [6, 6.07) is 0. The van der Waals surface area contributed by atoms with E-state index in [1.807, 2.05) is 13.0 Å². The smallest absolute Gasteiger partial charge is 0.344 e. The molecule has 5 nitrogen and oxygen atoms in total. The summed E-state index contributed by atoms with van der Waals surface area (Å²) in [6.07, 6.45) is 10.7. The second-order valence-electron chi connectivity index (χ2n) is 10.0. The Hall–Kier alpha value is -1.65. The number of carboxylic acids is 1. The van der Waals surface area contributed by atoms with Crippen LogP contribution in [0.3, 0.4) is 0 Å². The van der Waals surface area contributed by atoms with Crippen LogP contribution in [0.2, 0.25) is 0 Å². The maximum Gasteiger partial charge on any atom is 0.344 e. The zero-order chi connectivity index (χ0) is 20.1. The Morgan fingerprint density at radius 3 is 2.71 bits per heavy atom. The first kappa shape index (κ1) is 19.7. The van der Waals surface area contributed by atoms with Crippen molar-refractivity contribution in [2.75, 3.05) is 6.61 Å². The van der Waals surface area contributed by atoms with Gasteiger partial charge < -0.3 is 9.94 Å². The van der Waals surface area contributed by atoms with E-state index in [1.54, 1.807) is 0 Å². The van der Waals surface area contributed by atoms with Crippen molar-refractivity contribution in [1.82, 2.24) is 0 Å². The highest BCUT2D eigenvalue weighted by molar-refractivity contribution is 5.91. The molecule has 6 unspecified atom stereocenters. The molecule has 0 radical (unpaired) electrons. The molecular weight excluding hydrogens is 354 g/mol. The maximum atomic E-state index is 12.0. The van der Waals surface area contributed by atoms with Crippen molar-refractivity contribution in [3.63, 3.8) is 0 Å². The fourth-order valence-electron chi connectivity index (χ4n) is 7.50. The Morgan fingerprint density at radius 1 is 1.18 bits per heavy atom. The van der Waals surface area contributed by atoms with Crippen molar-refractivity contribution < 1.29 is 19.5 Å². The van der Waals surface area contributed by atoms with E-state index < -0.39 is 5.97 Å². The Balaban J connectivity index is 1.55. The molecule has 154 valence electrons. The molecule has 0 amide bonds. The average Bonchev–Trinajstić information content (AvgIpc) is 2.99. The van der Waals surface area contributed by atoms with Crippen molar-refractivity contribution in [3.8, 4) is 0 Å². The fourth-order valence-corrected chi connectivity index (χ4v) is 7.50. The number of ketones is 1. The summed E-state index contributed by atoms with van der Waals surface area (Å²) in [6.45, 7) is 6.48. The van der Waals surface area contributed by atoms with Gasteiger partial charge in [-0.3, -0.25) is 4.79 Å². The zero-order valence-corrected chi connectivity index (χ0v) is 17.4. The number of fused-ring (bicyclic) bond motifs is 5. The maximum absolute atomic E-state index is 12.0. The highest BCUT2D eigenvalue weighted by Gasteiger charge is 2.59. The monoisotopic (exact) mass is 387 g/mol. The first-order chi connectivity index (χ1) is 13.3. The molecule has 4 aliphatic rings. The van der Waals surface area contributed by atoms with Gasteiger partial charge in [0.05, 0.1) is 5.71 Å². The van der Waals surface area contributed by atoms with Gasteiger partial charge in [-0.25, -0.2) is 4.79 Å². The minimum atomic E-state index is -0.988. The van der Waals surface area contributed by atoms with Gasteiger partial charge in [0.15, 0.2) is 5.78 Å². The van der Waals surface area contributed by atoms with Gasteiger partial charge in [0.25, 0.3) is 0 Å². The summed E-state index contributed by atoms with van der Waals surface area (Å²) in [5.41, 5.74) is 2.81. The third-order valence-electron chi connectivity index (χ3n) is 8.86. The molecule has 0 aromatic rings. The molecule has 0 saturated heterocycles. The average molecular weight is 388 g/mol. The van der Waals surface area contributed by atoms with Crippen LogP contribution in [-0.2, 0) is 14.4 Å². The third kappa shape index (κ3) is 3.02. The van der Waals surface area contributed by atoms with Gasteiger partial charge in [0, 0.05) is 12.3 Å². The first-order valence-corrected chi connectivity index (χ1v) is 10.9. The van der Waals surface area contributed by atoms with E-state index in [1.165, 1.54) is 31.3 Å². The number of rotatable bonds is 4. The lowest BCUT2D eigenvalue weighted by Gasteiger charge is -2.58. The summed E-state index contributed by atoms with van der Waals surface area (Å²) in [5, 5.41) is 12.9. The molecule has 0 aliphatic heterocycles. The van der Waals surface area contributed by atoms with Crippen LogP contribution in [0.15, 0.2) is 16.8 Å². The molecule has 4 rings (SSSR count). The predicted octanol–water partition coefficient (Wildman–Crippen LogP) is 4.61. The summed E-state index contributed by atoms with van der Waals surface area (Å²) < 4.78 is 0. The van der Waals surface area contributed by atoms with E-state index in [2.05, 4.69) is 19.0 Å². The first-order valence-electron chi connectivity index (χ1n) is 10.9. The highest BCUT2D eigenvalue weighted by Crippen LogP contribution is 2.66. The molecule has 3 fully saturated rings. The summed E-state index contributed by atoms with van der Waals surface area (Å²) >= 11 is 0. The van der Waals surface area contributed by atoms with Crippen LogP contribution in [0, 0.1) is 34.5 Å². The lowest BCUT2D eigenvalue weighted by atomic mass is 9.46. The lowest BCUT2D eigenvalue weighted by Crippen LogP contribution is -2.51. The molecule has 3 saturated carbocycles. The summed E-state index contributed by atoms with van der Waals surface area (Å²) in [5.74, 6) is 1.82. The van der Waals surface area contributed by atoms with Gasteiger partial charge in [-0.15, -0.1) is 0 Å². The minimum Gasteiger partial charge on any atom is -0.479 e. The lowest BCUT2D eigenvalue weighted by molar-refractivity contribution is -0.142. The normalized spacial score (nSPS) is 42.9. The number of aliphatic carboxylic acids is 1. The van der Waals surface area contributed by atoms with E-state index in [0.717, 1.165) is 30.9 Å². The SMILES string of the molecule is CC(=NOCC(=O)O)C1CCC2C3CCC4=CC(=O)CCC4(C)C3CCC12C. The standard InChI is InChI=1S/C23H33NO4/c1-14(24-28-13-21(26)27)18-6-7-19-17-5-4-15-12-16(25)8-10-22(15,2)20(17)9-11-23(18,19)3/h12,17-20H,4-11,13H2,1-3H3,(H,26,27). The minimum absolute atomic E-state index is 0.212. The van der Waals surface area contributed by atoms with Gasteiger partial charge in [0.2, 0.25) is 6.61 Å². The van der Waals surface area contributed by atoms with E-state index in [0.29, 0.717) is 30.0 Å². The number of oxime groups is 1. The molecule has 28 heavy (non-hydrogen) atoms. The van der Waals surface area contributed by atoms with Crippen LogP contribution < -0.4 is 0 Å². The second-order valence-corrected chi connectivity index (χ2v) is 10.0. The molecule has 0 aromatic carbocycles. The molecule has 6 atom stereocenters. The molecule has 0 bridgehead atoms. The summed E-state index contributed by atoms with van der Waals surface area (Å²) in [4.78, 5) is 27.7. The van der Waals surface area contributed by atoms with Crippen LogP contribution in [0.5, 0.6) is 0 Å². The zero-order valence-electron chi connectivity index (χ0n) is 17.4. The van der Waals surface area contributed by atoms with E-state index >= 15 is 0 Å². The number of carbonyl (C=O) groups is 2. The van der Waals surface area contributed by atoms with Crippen LogP contribution >= 0.6 is 0 Å². The van der Waals surface area contributed by atoms with Crippen molar-refractivity contribution in [1.29, 1.82) is 0 Å². The molecular formula is C23H33NO4. The van der Waals surface area contributed by atoms with Crippen molar-refractivity contribution in [2.24, 2.45) is 39.7 Å². The molecule has 0 aromatic heterocycles. The molecule has 0 spiro atoms. The van der Waals surface area contributed by atoms with Crippen LogP contribution in [0.25, 0.3) is 0 Å². The topological polar surface area (TPSA) is 76.0 Å². The Morgan fingerprint density at radius 2 is 1.96 bits per heavy atom. The van der Waals surface area contributed by atoms with Gasteiger partial charge in [-0.1, -0.05) is 24.6 Å². The van der Waals surface area contributed by atoms with E-state index in [-0.39, 0.29) is 17.4 Å². The highest BCUT2D eigenvalue weighted by atomic mass is 16.6. The number of nitrogens with zero attached hydrogens (tertiary/aromatic N) is 1. The van der Waals surface area contributed by atoms with E-state index in [4.69, 9.17) is 9.94 Å². The van der Waals surface area contributed by atoms with Crippen LogP contribution in [0.1, 0.15) is 72.1 Å². The van der Waals surface area contributed by atoms with E-state index in [9.17, 15) is 9.59 Å². The number of carbonyl (C=O) groups excluding carboxylic acids is 1. The Labute approximate surface area is 167 Å². The van der Waals surface area contributed by atoms with Gasteiger partial charge in [-0.2, -0.15) is 0 Å². The van der Waals surface area contributed by atoms with Crippen LogP contribution in [-0.4, -0.2) is 29.2 Å². The fraction of sp³-hybridized carbons (Fsp3) is 0.783. The Kier molecular flexibility index (Phi) is 4.91. The van der Waals surface area contributed by atoms with Crippen LogP contribution in [0.4, 0.5) is 0 Å². The Bertz CT molecular complexity index is 741. The molecule has 0 heterocycles. The molecule has 1 N–H and O–H groups in total. The largest absolute Gasteiger partial charge is 0.479 e. The molecule has 5 heteroatoms. The van der Waals surface area contributed by atoms with Crippen molar-refractivity contribution in [2.45, 2.75) is 72.1 Å². The predicted molar refractivity (Wildman–Crippen MR) is 107 cm³/mol. The number of allylic oxidation sites excluding steroid dienone is 1.